The largest absolute Gasteiger partial charge is 0.466 e. The van der Waals surface area contributed by atoms with Gasteiger partial charge in [-0.1, -0.05) is 55.5 Å². The summed E-state index contributed by atoms with van der Waals surface area (Å²) in [7, 11) is -2.61. The highest BCUT2D eigenvalue weighted by molar-refractivity contribution is 7.89. The minimum absolute atomic E-state index is 0.0208. The van der Waals surface area contributed by atoms with E-state index in [4.69, 9.17) is 4.74 Å². The third-order valence-electron chi connectivity index (χ3n) is 4.12. The number of methoxy groups -OCH3 is 1. The van der Waals surface area contributed by atoms with Crippen molar-refractivity contribution in [3.8, 4) is 0 Å². The van der Waals surface area contributed by atoms with E-state index < -0.39 is 22.0 Å². The lowest BCUT2D eigenvalue weighted by molar-refractivity contribution is -0.136. The maximum absolute atomic E-state index is 12.8. The Balaban J connectivity index is 2.41. The number of benzene rings is 2. The van der Waals surface area contributed by atoms with E-state index in [0.29, 0.717) is 5.56 Å². The zero-order valence-electron chi connectivity index (χ0n) is 15.2. The topological polar surface area (TPSA) is 72.5 Å². The first-order valence-corrected chi connectivity index (χ1v) is 9.71. The average Bonchev–Trinajstić information content (AvgIpc) is 2.65. The number of esters is 1. The van der Waals surface area contributed by atoms with Gasteiger partial charge in [-0.2, -0.15) is 4.72 Å². The molecule has 2 aromatic rings. The summed E-state index contributed by atoms with van der Waals surface area (Å²) in [6.45, 7) is 7.64. The van der Waals surface area contributed by atoms with Crippen LogP contribution in [-0.4, -0.2) is 21.5 Å². The van der Waals surface area contributed by atoms with Crippen LogP contribution in [0, 0.1) is 6.92 Å². The molecule has 2 aromatic carbocycles. The molecular formula is C20H23NO4S. The Morgan fingerprint density at radius 3 is 2.19 bits per heavy atom. The predicted molar refractivity (Wildman–Crippen MR) is 101 cm³/mol. The third kappa shape index (κ3) is 4.59. The number of rotatable bonds is 7. The van der Waals surface area contributed by atoms with Crippen molar-refractivity contribution in [1.82, 2.24) is 4.72 Å². The standard InChI is InChI=1S/C20H23NO4S/c1-5-16-8-10-17(11-9-16)19(15(3)20(22)25-4)21-26(23,24)18-12-6-14(2)7-13-18/h6-13,19,21H,3,5H2,1-2,4H3/t19-/m0/s1. The maximum atomic E-state index is 12.8. The van der Waals surface area contributed by atoms with Gasteiger partial charge in [0.05, 0.1) is 23.6 Å². The molecular weight excluding hydrogens is 350 g/mol. The molecule has 0 saturated heterocycles. The highest BCUT2D eigenvalue weighted by Gasteiger charge is 2.27. The summed E-state index contributed by atoms with van der Waals surface area (Å²) in [6, 6.07) is 12.9. The zero-order chi connectivity index (χ0) is 19.3. The van der Waals surface area contributed by atoms with Crippen LogP contribution in [0.4, 0.5) is 0 Å². The van der Waals surface area contributed by atoms with Crippen molar-refractivity contribution in [2.24, 2.45) is 0 Å². The molecule has 1 N–H and O–H groups in total. The highest BCUT2D eigenvalue weighted by atomic mass is 32.2. The summed E-state index contributed by atoms with van der Waals surface area (Å²) in [5, 5.41) is 0. The Kier molecular flexibility index (Phi) is 6.34. The average molecular weight is 373 g/mol. The fourth-order valence-electron chi connectivity index (χ4n) is 2.48. The van der Waals surface area contributed by atoms with Crippen molar-refractivity contribution in [3.05, 3.63) is 77.4 Å². The molecule has 0 spiro atoms. The first-order valence-electron chi connectivity index (χ1n) is 8.23. The van der Waals surface area contributed by atoms with E-state index in [9.17, 15) is 13.2 Å². The van der Waals surface area contributed by atoms with Crippen LogP contribution < -0.4 is 4.72 Å². The van der Waals surface area contributed by atoms with Gasteiger partial charge in [-0.25, -0.2) is 13.2 Å². The second-order valence-corrected chi connectivity index (χ2v) is 7.69. The van der Waals surface area contributed by atoms with Gasteiger partial charge in [0.2, 0.25) is 10.0 Å². The molecule has 0 saturated carbocycles. The molecule has 0 heterocycles. The van der Waals surface area contributed by atoms with Crippen molar-refractivity contribution in [1.29, 1.82) is 0 Å². The number of carbonyl (C=O) groups is 1. The number of aryl methyl sites for hydroxylation is 2. The van der Waals surface area contributed by atoms with Crippen molar-refractivity contribution >= 4 is 16.0 Å². The summed E-state index contributed by atoms with van der Waals surface area (Å²) in [5.74, 6) is -0.666. The van der Waals surface area contributed by atoms with Crippen molar-refractivity contribution in [3.63, 3.8) is 0 Å². The Morgan fingerprint density at radius 2 is 1.69 bits per heavy atom. The van der Waals surface area contributed by atoms with E-state index >= 15 is 0 Å². The number of hydrogen-bond acceptors (Lipinski definition) is 4. The molecule has 0 bridgehead atoms. The molecule has 5 nitrogen and oxygen atoms in total. The Hall–Kier alpha value is -2.44. The molecule has 26 heavy (non-hydrogen) atoms. The molecule has 0 aromatic heterocycles. The van der Waals surface area contributed by atoms with E-state index in [1.54, 1.807) is 24.3 Å². The van der Waals surface area contributed by atoms with E-state index in [0.717, 1.165) is 17.5 Å². The van der Waals surface area contributed by atoms with E-state index in [2.05, 4.69) is 11.3 Å². The molecule has 1 atom stereocenters. The molecule has 0 aliphatic carbocycles. The number of ether oxygens (including phenoxy) is 1. The molecule has 138 valence electrons. The van der Waals surface area contributed by atoms with Gasteiger partial charge in [-0.05, 0) is 36.6 Å². The van der Waals surface area contributed by atoms with Crippen LogP contribution in [0.5, 0.6) is 0 Å². The maximum Gasteiger partial charge on any atom is 0.335 e. The predicted octanol–water partition coefficient (Wildman–Crippen LogP) is 3.31. The Labute approximate surface area is 154 Å². The lowest BCUT2D eigenvalue weighted by Crippen LogP contribution is -2.32. The smallest absolute Gasteiger partial charge is 0.335 e. The normalized spacial score (nSPS) is 12.4. The first-order chi connectivity index (χ1) is 12.3. The Morgan fingerprint density at radius 1 is 1.12 bits per heavy atom. The monoisotopic (exact) mass is 373 g/mol. The second kappa shape index (κ2) is 8.29. The van der Waals surface area contributed by atoms with Crippen LogP contribution in [0.1, 0.15) is 29.7 Å². The fourth-order valence-corrected chi connectivity index (χ4v) is 3.69. The highest BCUT2D eigenvalue weighted by Crippen LogP contribution is 2.25. The summed E-state index contributed by atoms with van der Waals surface area (Å²) in [5.41, 5.74) is 2.70. The fraction of sp³-hybridized carbons (Fsp3) is 0.250. The number of sulfonamides is 1. The molecule has 0 radical (unpaired) electrons. The number of carbonyl (C=O) groups excluding carboxylic acids is 1. The van der Waals surface area contributed by atoms with Gasteiger partial charge in [0.25, 0.3) is 0 Å². The van der Waals surface area contributed by atoms with Gasteiger partial charge in [0.15, 0.2) is 0 Å². The van der Waals surface area contributed by atoms with Gasteiger partial charge >= 0.3 is 5.97 Å². The summed E-state index contributed by atoms with van der Waals surface area (Å²) in [6.07, 6.45) is 0.859. The van der Waals surface area contributed by atoms with E-state index in [1.807, 2.05) is 26.0 Å². The van der Waals surface area contributed by atoms with Crippen LogP contribution >= 0.6 is 0 Å². The van der Waals surface area contributed by atoms with Crippen LogP contribution in [0.25, 0.3) is 0 Å². The van der Waals surface area contributed by atoms with Crippen LogP contribution in [-0.2, 0) is 26.0 Å². The van der Waals surface area contributed by atoms with E-state index in [-0.39, 0.29) is 10.5 Å². The van der Waals surface area contributed by atoms with Crippen LogP contribution in [0.15, 0.2) is 65.6 Å². The molecule has 0 fully saturated rings. The molecule has 0 aliphatic heterocycles. The third-order valence-corrected chi connectivity index (χ3v) is 5.56. The van der Waals surface area contributed by atoms with Gasteiger partial charge in [-0.3, -0.25) is 0 Å². The van der Waals surface area contributed by atoms with Crippen LogP contribution in [0.2, 0.25) is 0 Å². The second-order valence-electron chi connectivity index (χ2n) is 5.98. The summed E-state index contributed by atoms with van der Waals surface area (Å²) < 4.78 is 32.8. The Bertz CT molecular complexity index is 884. The van der Waals surface area contributed by atoms with Gasteiger partial charge in [-0.15, -0.1) is 0 Å². The molecule has 0 unspecified atom stereocenters. The van der Waals surface area contributed by atoms with Gasteiger partial charge in [0, 0.05) is 0 Å². The zero-order valence-corrected chi connectivity index (χ0v) is 16.0. The number of nitrogens with one attached hydrogen (secondary N) is 1. The SMILES string of the molecule is C=C(C(=O)OC)[C@H](NS(=O)(=O)c1ccc(C)cc1)c1ccc(CC)cc1. The first kappa shape index (κ1) is 19.9. The number of hydrogen-bond donors (Lipinski definition) is 1. The molecule has 0 aliphatic rings. The lowest BCUT2D eigenvalue weighted by atomic mass is 9.99. The summed E-state index contributed by atoms with van der Waals surface area (Å²) >= 11 is 0. The lowest BCUT2D eigenvalue weighted by Gasteiger charge is -2.20. The molecule has 2 rings (SSSR count). The van der Waals surface area contributed by atoms with Crippen molar-refractivity contribution in [2.75, 3.05) is 7.11 Å². The van der Waals surface area contributed by atoms with Crippen molar-refractivity contribution in [2.45, 2.75) is 31.2 Å². The van der Waals surface area contributed by atoms with E-state index in [1.165, 1.54) is 19.2 Å². The minimum atomic E-state index is -3.85. The van der Waals surface area contributed by atoms with Gasteiger partial charge in [0.1, 0.15) is 0 Å². The quantitative estimate of drug-likeness (QED) is 0.597. The summed E-state index contributed by atoms with van der Waals surface area (Å²) in [4.78, 5) is 12.1. The van der Waals surface area contributed by atoms with Crippen molar-refractivity contribution < 1.29 is 17.9 Å². The van der Waals surface area contributed by atoms with Gasteiger partial charge < -0.3 is 4.74 Å². The van der Waals surface area contributed by atoms with Crippen LogP contribution in [0.3, 0.4) is 0 Å². The molecule has 6 heteroatoms. The minimum Gasteiger partial charge on any atom is -0.466 e. The molecule has 0 amide bonds.